The van der Waals surface area contributed by atoms with E-state index < -0.39 is 0 Å². The number of fused-ring (bicyclic) bond motifs is 1. The van der Waals surface area contributed by atoms with Crippen LogP contribution in [0.3, 0.4) is 0 Å². The number of amides is 1. The van der Waals surface area contributed by atoms with Crippen molar-refractivity contribution in [2.45, 2.75) is 44.6 Å². The third-order valence-corrected chi connectivity index (χ3v) is 6.50. The molecule has 142 valence electrons. The van der Waals surface area contributed by atoms with Gasteiger partial charge in [-0.3, -0.25) is 4.79 Å². The van der Waals surface area contributed by atoms with Crippen LogP contribution in [0, 0.1) is 5.92 Å². The molecule has 1 aromatic heterocycles. The molecule has 0 unspecified atom stereocenters. The van der Waals surface area contributed by atoms with Crippen LogP contribution >= 0.6 is 11.3 Å². The normalized spacial score (nSPS) is 21.9. The van der Waals surface area contributed by atoms with Crippen LogP contribution in [-0.4, -0.2) is 36.7 Å². The van der Waals surface area contributed by atoms with Crippen LogP contribution in [-0.2, 0) is 16.0 Å². The molecule has 2 aliphatic heterocycles. The van der Waals surface area contributed by atoms with Gasteiger partial charge >= 0.3 is 0 Å². The number of hydrogen-bond acceptors (Lipinski definition) is 5. The van der Waals surface area contributed by atoms with E-state index in [9.17, 15) is 4.79 Å². The molecule has 1 atom stereocenters. The number of anilines is 2. The van der Waals surface area contributed by atoms with Gasteiger partial charge in [-0.15, -0.1) is 11.3 Å². The predicted molar refractivity (Wildman–Crippen MR) is 108 cm³/mol. The second-order valence-electron chi connectivity index (χ2n) is 7.77. The summed E-state index contributed by atoms with van der Waals surface area (Å²) in [5.74, 6) is 0.588. The summed E-state index contributed by atoms with van der Waals surface area (Å²) in [5.41, 5.74) is 4.52. The molecule has 1 N–H and O–H groups in total. The number of rotatable bonds is 5. The summed E-state index contributed by atoms with van der Waals surface area (Å²) >= 11 is 1.64. The average molecular weight is 384 g/mol. The Labute approximate surface area is 163 Å². The minimum Gasteiger partial charge on any atom is -0.376 e. The van der Waals surface area contributed by atoms with Gasteiger partial charge in [0.2, 0.25) is 5.91 Å². The van der Waals surface area contributed by atoms with Crippen molar-refractivity contribution in [2.24, 2.45) is 5.92 Å². The fourth-order valence-corrected chi connectivity index (χ4v) is 4.76. The van der Waals surface area contributed by atoms with E-state index in [2.05, 4.69) is 28.9 Å². The first kappa shape index (κ1) is 17.2. The van der Waals surface area contributed by atoms with Gasteiger partial charge < -0.3 is 15.0 Å². The Balaban J connectivity index is 1.31. The van der Waals surface area contributed by atoms with Crippen LogP contribution in [0.25, 0.3) is 11.3 Å². The molecule has 5 rings (SSSR count). The number of thiazole rings is 1. The van der Waals surface area contributed by atoms with Gasteiger partial charge in [0.15, 0.2) is 5.13 Å². The molecule has 1 aliphatic carbocycles. The summed E-state index contributed by atoms with van der Waals surface area (Å²) in [6.45, 7) is 2.57. The van der Waals surface area contributed by atoms with Crippen molar-refractivity contribution < 1.29 is 9.53 Å². The first-order chi connectivity index (χ1) is 13.3. The van der Waals surface area contributed by atoms with Crippen LogP contribution in [0.5, 0.6) is 0 Å². The monoisotopic (exact) mass is 383 g/mol. The number of benzene rings is 1. The maximum absolute atomic E-state index is 12.6. The molecule has 3 aliphatic rings. The molecule has 2 fully saturated rings. The molecule has 3 heterocycles. The van der Waals surface area contributed by atoms with Crippen molar-refractivity contribution >= 4 is 28.1 Å². The molecule has 5 nitrogen and oxygen atoms in total. The van der Waals surface area contributed by atoms with Crippen LogP contribution < -0.4 is 10.2 Å². The molecular weight excluding hydrogens is 358 g/mol. The van der Waals surface area contributed by atoms with Gasteiger partial charge in [0, 0.05) is 42.2 Å². The minimum atomic E-state index is 0.270. The van der Waals surface area contributed by atoms with Crippen molar-refractivity contribution in [3.05, 3.63) is 29.1 Å². The second kappa shape index (κ2) is 7.24. The Kier molecular flexibility index (Phi) is 4.61. The van der Waals surface area contributed by atoms with E-state index in [1.54, 1.807) is 11.3 Å². The van der Waals surface area contributed by atoms with Gasteiger partial charge in [-0.25, -0.2) is 4.98 Å². The zero-order chi connectivity index (χ0) is 18.2. The summed E-state index contributed by atoms with van der Waals surface area (Å²) in [7, 11) is 0. The standard InChI is InChI=1S/C21H25N3O2S/c25-20(14-5-6-14)24-9-1-3-16-11-15(7-8-19(16)24)18-13-27-21(23-18)22-12-17-4-2-10-26-17/h7-8,11,13-14,17H,1-6,9-10,12H2,(H,22,23)/t17-/m1/s1. The number of nitrogens with one attached hydrogen (secondary N) is 1. The predicted octanol–water partition coefficient (Wildman–Crippen LogP) is 4.09. The zero-order valence-corrected chi connectivity index (χ0v) is 16.3. The number of aromatic nitrogens is 1. The molecule has 1 aromatic carbocycles. The number of carbonyl (C=O) groups is 1. The number of aryl methyl sites for hydroxylation is 1. The average Bonchev–Trinajstić information content (AvgIpc) is 3.22. The van der Waals surface area contributed by atoms with E-state index in [0.29, 0.717) is 12.0 Å². The molecular formula is C21H25N3O2S. The number of nitrogens with zero attached hydrogens (tertiary/aromatic N) is 2. The molecule has 2 aromatic rings. The molecule has 1 saturated heterocycles. The molecule has 0 radical (unpaired) electrons. The van der Waals surface area contributed by atoms with Gasteiger partial charge in [-0.05, 0) is 56.2 Å². The van der Waals surface area contributed by atoms with Gasteiger partial charge in [0.25, 0.3) is 0 Å². The highest BCUT2D eigenvalue weighted by Crippen LogP contribution is 2.37. The van der Waals surface area contributed by atoms with Crippen molar-refractivity contribution in [1.82, 2.24) is 4.98 Å². The Bertz CT molecular complexity index is 840. The number of hydrogen-bond donors (Lipinski definition) is 1. The van der Waals surface area contributed by atoms with Crippen molar-refractivity contribution in [3.8, 4) is 11.3 Å². The lowest BCUT2D eigenvalue weighted by molar-refractivity contribution is -0.119. The van der Waals surface area contributed by atoms with Crippen LogP contribution in [0.2, 0.25) is 0 Å². The van der Waals surface area contributed by atoms with E-state index >= 15 is 0 Å². The van der Waals surface area contributed by atoms with E-state index in [4.69, 9.17) is 9.72 Å². The topological polar surface area (TPSA) is 54.5 Å². The van der Waals surface area contributed by atoms with Crippen LogP contribution in [0.4, 0.5) is 10.8 Å². The Morgan fingerprint density at radius 1 is 1.30 bits per heavy atom. The fourth-order valence-electron chi connectivity index (χ4n) is 4.03. The lowest BCUT2D eigenvalue weighted by Crippen LogP contribution is -2.36. The smallest absolute Gasteiger partial charge is 0.230 e. The maximum Gasteiger partial charge on any atom is 0.230 e. The first-order valence-electron chi connectivity index (χ1n) is 10.0. The summed E-state index contributed by atoms with van der Waals surface area (Å²) in [4.78, 5) is 19.3. The van der Waals surface area contributed by atoms with Crippen molar-refractivity contribution in [1.29, 1.82) is 0 Å². The Morgan fingerprint density at radius 3 is 3.04 bits per heavy atom. The fraction of sp³-hybridized carbons (Fsp3) is 0.524. The van der Waals surface area contributed by atoms with Crippen molar-refractivity contribution in [2.75, 3.05) is 29.9 Å². The lowest BCUT2D eigenvalue weighted by Gasteiger charge is -2.30. The summed E-state index contributed by atoms with van der Waals surface area (Å²) < 4.78 is 5.66. The van der Waals surface area contributed by atoms with E-state index in [0.717, 1.165) is 80.3 Å². The zero-order valence-electron chi connectivity index (χ0n) is 15.4. The van der Waals surface area contributed by atoms with Crippen LogP contribution in [0.1, 0.15) is 37.7 Å². The first-order valence-corrected chi connectivity index (χ1v) is 10.9. The SMILES string of the molecule is O=C(C1CC1)N1CCCc2cc(-c3csc(NC[C@H]4CCCO4)n3)ccc21. The third-order valence-electron chi connectivity index (χ3n) is 5.70. The van der Waals surface area contributed by atoms with E-state index in [1.165, 1.54) is 5.56 Å². The highest BCUT2D eigenvalue weighted by atomic mass is 32.1. The van der Waals surface area contributed by atoms with Gasteiger partial charge in [-0.1, -0.05) is 6.07 Å². The largest absolute Gasteiger partial charge is 0.376 e. The molecule has 6 heteroatoms. The van der Waals surface area contributed by atoms with Crippen molar-refractivity contribution in [3.63, 3.8) is 0 Å². The summed E-state index contributed by atoms with van der Waals surface area (Å²) in [6.07, 6.45) is 6.80. The van der Waals surface area contributed by atoms with E-state index in [-0.39, 0.29) is 5.92 Å². The number of ether oxygens (including phenoxy) is 1. The Morgan fingerprint density at radius 2 is 2.22 bits per heavy atom. The van der Waals surface area contributed by atoms with Gasteiger partial charge in [0.05, 0.1) is 11.8 Å². The molecule has 0 spiro atoms. The maximum atomic E-state index is 12.6. The van der Waals surface area contributed by atoms with E-state index in [1.807, 2.05) is 4.90 Å². The molecule has 1 saturated carbocycles. The minimum absolute atomic E-state index is 0.270. The molecule has 27 heavy (non-hydrogen) atoms. The lowest BCUT2D eigenvalue weighted by atomic mass is 9.98. The third kappa shape index (κ3) is 3.60. The second-order valence-corrected chi connectivity index (χ2v) is 8.62. The van der Waals surface area contributed by atoms with Crippen LogP contribution in [0.15, 0.2) is 23.6 Å². The summed E-state index contributed by atoms with van der Waals surface area (Å²) in [5, 5.41) is 6.46. The Hall–Kier alpha value is -1.92. The summed E-state index contributed by atoms with van der Waals surface area (Å²) in [6, 6.07) is 6.44. The quantitative estimate of drug-likeness (QED) is 0.845. The molecule has 0 bridgehead atoms. The highest BCUT2D eigenvalue weighted by Gasteiger charge is 2.35. The van der Waals surface area contributed by atoms with Gasteiger partial charge in [-0.2, -0.15) is 0 Å². The van der Waals surface area contributed by atoms with Gasteiger partial charge in [0.1, 0.15) is 0 Å². The number of carbonyl (C=O) groups excluding carboxylic acids is 1. The highest BCUT2D eigenvalue weighted by molar-refractivity contribution is 7.14. The molecule has 1 amide bonds.